The topological polar surface area (TPSA) is 73.0 Å². The zero-order valence-electron chi connectivity index (χ0n) is 8.88. The molecule has 0 saturated carbocycles. The molecular weight excluding hydrogens is 290 g/mol. The predicted molar refractivity (Wildman–Crippen MR) is 64.1 cm³/mol. The summed E-state index contributed by atoms with van der Waals surface area (Å²) in [5.74, 6) is -0.343. The van der Waals surface area contributed by atoms with Crippen LogP contribution in [0.15, 0.2) is 28.0 Å². The number of aromatic nitrogens is 2. The summed E-state index contributed by atoms with van der Waals surface area (Å²) in [7, 11) is 1.28. The van der Waals surface area contributed by atoms with Gasteiger partial charge in [0.25, 0.3) is 0 Å². The molecule has 0 aliphatic rings. The zero-order valence-corrected chi connectivity index (χ0v) is 10.5. The number of pyridine rings is 1. The summed E-state index contributed by atoms with van der Waals surface area (Å²) in [5.41, 5.74) is 0.867. The Kier molecular flexibility index (Phi) is 3.19. The number of carbonyl (C=O) groups is 1. The van der Waals surface area contributed by atoms with Gasteiger partial charge in [-0.3, -0.25) is 9.20 Å². The van der Waals surface area contributed by atoms with E-state index in [4.69, 9.17) is 0 Å². The van der Waals surface area contributed by atoms with Gasteiger partial charge in [0.15, 0.2) is 0 Å². The Morgan fingerprint density at radius 2 is 2.35 bits per heavy atom. The molecule has 0 bridgehead atoms. The molecule has 0 aliphatic carbocycles. The van der Waals surface area contributed by atoms with Gasteiger partial charge in [-0.25, -0.2) is 4.98 Å². The van der Waals surface area contributed by atoms with E-state index in [0.717, 1.165) is 4.47 Å². The third-order valence-corrected chi connectivity index (χ3v) is 2.72. The number of nitroso groups, excluding NO2 is 1. The second-order valence-corrected chi connectivity index (χ2v) is 4.22. The van der Waals surface area contributed by atoms with Crippen LogP contribution in [0.2, 0.25) is 0 Å². The summed E-state index contributed by atoms with van der Waals surface area (Å²) in [6.45, 7) is 0. The largest absolute Gasteiger partial charge is 0.469 e. The van der Waals surface area contributed by atoms with E-state index >= 15 is 0 Å². The average Bonchev–Trinajstić information content (AvgIpc) is 2.65. The molecule has 88 valence electrons. The van der Waals surface area contributed by atoms with Gasteiger partial charge in [-0.15, -0.1) is 4.91 Å². The monoisotopic (exact) mass is 297 g/mol. The van der Waals surface area contributed by atoms with Gasteiger partial charge < -0.3 is 4.74 Å². The van der Waals surface area contributed by atoms with Crippen LogP contribution in [0, 0.1) is 4.91 Å². The minimum atomic E-state index is -0.461. The summed E-state index contributed by atoms with van der Waals surface area (Å²) in [5, 5.41) is 2.91. The molecule has 0 amide bonds. The van der Waals surface area contributed by atoms with Crippen molar-refractivity contribution in [3.05, 3.63) is 33.4 Å². The van der Waals surface area contributed by atoms with Gasteiger partial charge in [-0.05, 0) is 33.2 Å². The number of carbonyl (C=O) groups excluding carboxylic acids is 1. The van der Waals surface area contributed by atoms with Crippen LogP contribution in [0.3, 0.4) is 0 Å². The van der Waals surface area contributed by atoms with Crippen LogP contribution in [0.5, 0.6) is 0 Å². The van der Waals surface area contributed by atoms with E-state index in [9.17, 15) is 9.70 Å². The van der Waals surface area contributed by atoms with Crippen LogP contribution in [0.25, 0.3) is 5.65 Å². The van der Waals surface area contributed by atoms with Gasteiger partial charge in [0, 0.05) is 10.7 Å². The first kappa shape index (κ1) is 11.7. The molecule has 6 nitrogen and oxygen atoms in total. The highest BCUT2D eigenvalue weighted by atomic mass is 79.9. The first-order chi connectivity index (χ1) is 8.15. The highest BCUT2D eigenvalue weighted by Crippen LogP contribution is 2.23. The molecule has 2 aromatic heterocycles. The highest BCUT2D eigenvalue weighted by Gasteiger charge is 2.16. The maximum Gasteiger partial charge on any atom is 0.311 e. The Bertz CT molecular complexity index is 594. The molecule has 0 unspecified atom stereocenters. The van der Waals surface area contributed by atoms with Gasteiger partial charge in [-0.1, -0.05) is 0 Å². The van der Waals surface area contributed by atoms with Crippen molar-refractivity contribution in [3.8, 4) is 0 Å². The lowest BCUT2D eigenvalue weighted by atomic mass is 10.3. The van der Waals surface area contributed by atoms with Crippen LogP contribution < -0.4 is 0 Å². The van der Waals surface area contributed by atoms with Crippen LogP contribution >= 0.6 is 15.9 Å². The van der Waals surface area contributed by atoms with E-state index in [-0.39, 0.29) is 12.2 Å². The van der Waals surface area contributed by atoms with E-state index in [1.165, 1.54) is 11.5 Å². The Morgan fingerprint density at radius 1 is 1.59 bits per heavy atom. The lowest BCUT2D eigenvalue weighted by Gasteiger charge is -1.96. The summed E-state index contributed by atoms with van der Waals surface area (Å²) >= 11 is 3.29. The number of esters is 1. The van der Waals surface area contributed by atoms with Crippen LogP contribution in [-0.2, 0) is 16.0 Å². The Balaban J connectivity index is 2.56. The fraction of sp³-hybridized carbons (Fsp3) is 0.200. The molecule has 2 heterocycles. The van der Waals surface area contributed by atoms with Crippen molar-refractivity contribution in [2.75, 3.05) is 7.11 Å². The summed E-state index contributed by atoms with van der Waals surface area (Å²) in [6, 6.07) is 3.51. The fourth-order valence-corrected chi connectivity index (χ4v) is 1.82. The first-order valence-electron chi connectivity index (χ1n) is 4.72. The van der Waals surface area contributed by atoms with Gasteiger partial charge in [0.05, 0.1) is 13.5 Å². The molecule has 0 spiro atoms. The lowest BCUT2D eigenvalue weighted by molar-refractivity contribution is -0.139. The molecule has 17 heavy (non-hydrogen) atoms. The maximum absolute atomic E-state index is 11.2. The van der Waals surface area contributed by atoms with E-state index in [2.05, 4.69) is 30.8 Å². The van der Waals surface area contributed by atoms with Crippen LogP contribution in [-0.4, -0.2) is 22.5 Å². The summed E-state index contributed by atoms with van der Waals surface area (Å²) < 4.78 is 6.84. The molecule has 0 fully saturated rings. The number of nitrogens with zero attached hydrogens (tertiary/aromatic N) is 3. The first-order valence-corrected chi connectivity index (χ1v) is 5.51. The molecular formula is C10H8BrN3O3. The van der Waals surface area contributed by atoms with E-state index in [1.807, 2.05) is 0 Å². The number of hydrogen-bond acceptors (Lipinski definition) is 5. The highest BCUT2D eigenvalue weighted by molar-refractivity contribution is 9.10. The third-order valence-electron chi connectivity index (χ3n) is 2.25. The van der Waals surface area contributed by atoms with Crippen molar-refractivity contribution in [2.45, 2.75) is 6.42 Å². The number of rotatable bonds is 3. The number of ether oxygens (including phenoxy) is 1. The predicted octanol–water partition coefficient (Wildman–Crippen LogP) is 2.21. The van der Waals surface area contributed by atoms with Crippen molar-refractivity contribution in [1.29, 1.82) is 0 Å². The second kappa shape index (κ2) is 4.62. The molecule has 0 N–H and O–H groups in total. The molecule has 2 rings (SSSR count). The molecule has 2 aromatic rings. The van der Waals surface area contributed by atoms with Gasteiger partial charge in [-0.2, -0.15) is 0 Å². The number of hydrogen-bond donors (Lipinski definition) is 0. The number of halogens is 1. The smallest absolute Gasteiger partial charge is 0.311 e. The molecule has 0 atom stereocenters. The quantitative estimate of drug-likeness (QED) is 0.643. The average molecular weight is 298 g/mol. The molecule has 0 aromatic carbocycles. The van der Waals surface area contributed by atoms with Gasteiger partial charge in [0.1, 0.15) is 11.3 Å². The normalized spacial score (nSPS) is 10.5. The van der Waals surface area contributed by atoms with Gasteiger partial charge >= 0.3 is 5.97 Å². The van der Waals surface area contributed by atoms with Crippen molar-refractivity contribution in [2.24, 2.45) is 5.18 Å². The zero-order chi connectivity index (χ0) is 12.4. The van der Waals surface area contributed by atoms with Crippen molar-refractivity contribution < 1.29 is 9.53 Å². The van der Waals surface area contributed by atoms with Crippen molar-refractivity contribution in [1.82, 2.24) is 9.38 Å². The third kappa shape index (κ3) is 2.19. The minimum Gasteiger partial charge on any atom is -0.469 e. The minimum absolute atomic E-state index is 0.0725. The van der Waals surface area contributed by atoms with Crippen molar-refractivity contribution in [3.63, 3.8) is 0 Å². The van der Waals surface area contributed by atoms with E-state index in [1.54, 1.807) is 18.3 Å². The number of methoxy groups -OCH3 is 1. The van der Waals surface area contributed by atoms with Crippen LogP contribution in [0.4, 0.5) is 5.82 Å². The van der Waals surface area contributed by atoms with Crippen LogP contribution in [0.1, 0.15) is 5.69 Å². The Morgan fingerprint density at radius 3 is 3.00 bits per heavy atom. The summed E-state index contributed by atoms with van der Waals surface area (Å²) in [6.07, 6.45) is 1.59. The molecule has 7 heteroatoms. The fourth-order valence-electron chi connectivity index (χ4n) is 1.48. The standard InChI is InChI=1S/C10H8BrN3O3/c1-17-9(15)4-7-10(13-16)14-5-6(11)2-3-8(14)12-7/h2-3,5H,4H2,1H3. The Hall–Kier alpha value is -1.76. The molecule has 0 aliphatic heterocycles. The molecule has 0 saturated heterocycles. The Labute approximate surface area is 105 Å². The number of imidazole rings is 1. The van der Waals surface area contributed by atoms with Gasteiger partial charge in [0.2, 0.25) is 5.82 Å². The summed E-state index contributed by atoms with van der Waals surface area (Å²) in [4.78, 5) is 26.1. The second-order valence-electron chi connectivity index (χ2n) is 3.30. The van der Waals surface area contributed by atoms with E-state index < -0.39 is 5.97 Å². The lowest BCUT2D eigenvalue weighted by Crippen LogP contribution is -2.04. The SMILES string of the molecule is COC(=O)Cc1nc2ccc(Br)cn2c1N=O. The van der Waals surface area contributed by atoms with Crippen molar-refractivity contribution >= 4 is 33.4 Å². The number of fused-ring (bicyclic) bond motifs is 1. The maximum atomic E-state index is 11.2. The van der Waals surface area contributed by atoms with E-state index in [0.29, 0.717) is 11.3 Å². The molecule has 0 radical (unpaired) electrons.